The highest BCUT2D eigenvalue weighted by molar-refractivity contribution is 9.10. The summed E-state index contributed by atoms with van der Waals surface area (Å²) in [6.45, 7) is 9.38. The largest absolute Gasteiger partial charge is 0.438 e. The summed E-state index contributed by atoms with van der Waals surface area (Å²) in [7, 11) is -3.88. The van der Waals surface area contributed by atoms with Gasteiger partial charge in [0.25, 0.3) is 5.56 Å². The Balaban J connectivity index is 2.80. The van der Waals surface area contributed by atoms with Crippen molar-refractivity contribution in [2.45, 2.75) is 54.5 Å². The Labute approximate surface area is 206 Å². The third kappa shape index (κ3) is 11.4. The van der Waals surface area contributed by atoms with E-state index in [1.807, 2.05) is 20.8 Å². The summed E-state index contributed by atoms with van der Waals surface area (Å²) < 4.78 is 34.9. The lowest BCUT2D eigenvalue weighted by Gasteiger charge is -2.20. The number of halogens is 1. The van der Waals surface area contributed by atoms with Crippen molar-refractivity contribution in [3.05, 3.63) is 43.7 Å². The molecule has 1 unspecified atom stereocenters. The highest BCUT2D eigenvalue weighted by atomic mass is 79.9. The maximum Gasteiger partial charge on any atom is 0.340 e. The Morgan fingerprint density at radius 1 is 1.06 bits per heavy atom. The molecule has 0 saturated carbocycles. The summed E-state index contributed by atoms with van der Waals surface area (Å²) in [6, 6.07) is 0. The number of aromatic nitrogens is 2. The number of ether oxygens (including phenoxy) is 2. The van der Waals surface area contributed by atoms with E-state index in [9.17, 15) is 23.7 Å². The number of carbonyl (C=O) groups is 2. The second kappa shape index (κ2) is 12.6. The minimum Gasteiger partial charge on any atom is -0.438 e. The van der Waals surface area contributed by atoms with Gasteiger partial charge in [-0.25, -0.2) is 4.79 Å². The average molecular weight is 567 g/mol. The second-order valence-electron chi connectivity index (χ2n) is 9.58. The molecular formula is C21H32BrN2O9P. The van der Waals surface area contributed by atoms with Crippen molar-refractivity contribution in [1.82, 2.24) is 9.55 Å². The fourth-order valence-corrected chi connectivity index (χ4v) is 3.65. The molecule has 1 heterocycles. The highest BCUT2D eigenvalue weighted by Crippen LogP contribution is 2.48. The predicted molar refractivity (Wildman–Crippen MR) is 128 cm³/mol. The number of hydrogen-bond donors (Lipinski definition) is 1. The molecule has 34 heavy (non-hydrogen) atoms. The molecule has 1 rings (SSSR count). The third-order valence-electron chi connectivity index (χ3n) is 3.96. The van der Waals surface area contributed by atoms with Gasteiger partial charge in [0.05, 0.1) is 22.5 Å². The van der Waals surface area contributed by atoms with E-state index in [-0.39, 0.29) is 29.0 Å². The van der Waals surface area contributed by atoms with Crippen LogP contribution >= 0.6 is 23.5 Å². The molecule has 11 nitrogen and oxygen atoms in total. The minimum absolute atomic E-state index is 0.0633. The lowest BCUT2D eigenvalue weighted by Crippen LogP contribution is -2.29. The van der Waals surface area contributed by atoms with Crippen LogP contribution in [0.2, 0.25) is 0 Å². The van der Waals surface area contributed by atoms with Crippen LogP contribution < -0.4 is 11.2 Å². The van der Waals surface area contributed by atoms with Crippen molar-refractivity contribution in [2.75, 3.05) is 19.7 Å². The van der Waals surface area contributed by atoms with Gasteiger partial charge >= 0.3 is 25.2 Å². The number of hydrogen-bond acceptors (Lipinski definition) is 9. The number of allylic oxidation sites excluding steroid dienone is 2. The summed E-state index contributed by atoms with van der Waals surface area (Å²) >= 11 is 3.04. The molecule has 1 aromatic rings. The maximum atomic E-state index is 13.1. The molecule has 0 aromatic carbocycles. The van der Waals surface area contributed by atoms with Crippen LogP contribution in [0.4, 0.5) is 0 Å². The SMILES string of the molecule is CC(C)(C)CC(=O)OCOP(=O)(C/C=C/Cn1cc(Br)c(=O)[nH]c1=O)OCOC(=O)C(C)(C)C. The topological polar surface area (TPSA) is 143 Å². The quantitative estimate of drug-likeness (QED) is 0.184. The van der Waals surface area contributed by atoms with Gasteiger partial charge in [-0.2, -0.15) is 0 Å². The van der Waals surface area contributed by atoms with E-state index in [2.05, 4.69) is 20.9 Å². The van der Waals surface area contributed by atoms with E-state index in [1.54, 1.807) is 20.8 Å². The molecule has 0 amide bonds. The molecule has 0 bridgehead atoms. The van der Waals surface area contributed by atoms with Crippen molar-refractivity contribution in [3.8, 4) is 0 Å². The molecule has 0 aliphatic carbocycles. The highest BCUT2D eigenvalue weighted by Gasteiger charge is 2.28. The van der Waals surface area contributed by atoms with Gasteiger partial charge < -0.3 is 9.47 Å². The summed E-state index contributed by atoms with van der Waals surface area (Å²) in [4.78, 5) is 49.2. The smallest absolute Gasteiger partial charge is 0.340 e. The van der Waals surface area contributed by atoms with Gasteiger partial charge in [0.2, 0.25) is 13.6 Å². The molecule has 192 valence electrons. The molecule has 13 heteroatoms. The first-order chi connectivity index (χ1) is 15.5. The number of nitrogens with one attached hydrogen (secondary N) is 1. The standard InChI is InChI=1S/C21H32BrN2O9P/c1-20(2,3)11-16(25)30-13-32-34(29,33-14-31-18(27)21(4,5)6)10-8-7-9-24-12-15(22)17(26)23-19(24)28/h7-8,12H,9-11,13-14H2,1-6H3,(H,23,26,28)/b8-7+. The predicted octanol–water partition coefficient (Wildman–Crippen LogP) is 3.57. The average Bonchev–Trinajstić information content (AvgIpc) is 2.66. The number of esters is 2. The van der Waals surface area contributed by atoms with Crippen LogP contribution in [0.3, 0.4) is 0 Å². The second-order valence-corrected chi connectivity index (χ2v) is 12.5. The first kappa shape index (κ1) is 30.0. The van der Waals surface area contributed by atoms with E-state index in [1.165, 1.54) is 22.9 Å². The molecule has 1 atom stereocenters. The van der Waals surface area contributed by atoms with E-state index in [4.69, 9.17) is 18.5 Å². The molecule has 1 aromatic heterocycles. The number of rotatable bonds is 11. The minimum atomic E-state index is -3.88. The molecular weight excluding hydrogens is 535 g/mol. The van der Waals surface area contributed by atoms with Crippen LogP contribution in [0.15, 0.2) is 32.4 Å². The molecule has 0 aliphatic heterocycles. The van der Waals surface area contributed by atoms with E-state index < -0.39 is 49.8 Å². The van der Waals surface area contributed by atoms with Gasteiger partial charge in [-0.15, -0.1) is 0 Å². The van der Waals surface area contributed by atoms with Crippen molar-refractivity contribution in [2.24, 2.45) is 10.8 Å². The Kier molecular flexibility index (Phi) is 11.1. The van der Waals surface area contributed by atoms with Gasteiger partial charge in [0, 0.05) is 12.7 Å². The summed E-state index contributed by atoms with van der Waals surface area (Å²) in [5.74, 6) is -1.09. The van der Waals surface area contributed by atoms with Gasteiger partial charge in [0.1, 0.15) is 0 Å². The van der Waals surface area contributed by atoms with Crippen LogP contribution in [-0.2, 0) is 39.2 Å². The Hall–Kier alpha value is -2.01. The summed E-state index contributed by atoms with van der Waals surface area (Å²) in [5, 5.41) is 0. The number of aromatic amines is 1. The number of carbonyl (C=O) groups excluding carboxylic acids is 2. The zero-order valence-electron chi connectivity index (χ0n) is 20.2. The molecule has 0 spiro atoms. The summed E-state index contributed by atoms with van der Waals surface area (Å²) in [5.41, 5.74) is -2.25. The van der Waals surface area contributed by atoms with Gasteiger partial charge in [-0.3, -0.25) is 37.5 Å². The molecule has 1 N–H and O–H groups in total. The van der Waals surface area contributed by atoms with Gasteiger partial charge in [-0.1, -0.05) is 32.9 Å². The fourth-order valence-electron chi connectivity index (χ4n) is 2.19. The lowest BCUT2D eigenvalue weighted by molar-refractivity contribution is -0.160. The van der Waals surface area contributed by atoms with E-state index in [0.29, 0.717) is 0 Å². The Morgan fingerprint density at radius 2 is 1.65 bits per heavy atom. The van der Waals surface area contributed by atoms with E-state index >= 15 is 0 Å². The van der Waals surface area contributed by atoms with Crippen LogP contribution in [0.1, 0.15) is 48.0 Å². The van der Waals surface area contributed by atoms with Gasteiger partial charge in [0.15, 0.2) is 0 Å². The number of H-pyrrole nitrogens is 1. The Bertz CT molecular complexity index is 1050. The zero-order chi connectivity index (χ0) is 26.2. The summed E-state index contributed by atoms with van der Waals surface area (Å²) in [6.07, 6.45) is 4.15. The Morgan fingerprint density at radius 3 is 2.21 bits per heavy atom. The third-order valence-corrected chi connectivity index (χ3v) is 6.18. The monoisotopic (exact) mass is 566 g/mol. The van der Waals surface area contributed by atoms with Crippen LogP contribution in [0.5, 0.6) is 0 Å². The fraction of sp³-hybridized carbons (Fsp3) is 0.619. The lowest BCUT2D eigenvalue weighted by atomic mass is 9.93. The van der Waals surface area contributed by atoms with Crippen LogP contribution in [0, 0.1) is 10.8 Å². The normalized spacial score (nSPS) is 14.1. The van der Waals surface area contributed by atoms with Crippen LogP contribution in [0.25, 0.3) is 0 Å². The maximum absolute atomic E-state index is 13.1. The first-order valence-electron chi connectivity index (χ1n) is 10.4. The van der Waals surface area contributed by atoms with Crippen molar-refractivity contribution < 1.29 is 32.7 Å². The molecule has 0 fully saturated rings. The van der Waals surface area contributed by atoms with Gasteiger partial charge in [-0.05, 0) is 42.1 Å². The number of nitrogens with zero attached hydrogens (tertiary/aromatic N) is 1. The first-order valence-corrected chi connectivity index (χ1v) is 12.9. The van der Waals surface area contributed by atoms with E-state index in [0.717, 1.165) is 0 Å². The van der Waals surface area contributed by atoms with Crippen molar-refractivity contribution in [3.63, 3.8) is 0 Å². The molecule has 0 aliphatic rings. The molecule has 0 radical (unpaired) electrons. The van der Waals surface area contributed by atoms with Crippen LogP contribution in [-0.4, -0.2) is 41.2 Å². The molecule has 0 saturated heterocycles. The zero-order valence-corrected chi connectivity index (χ0v) is 22.7. The van der Waals surface area contributed by atoms with Crippen molar-refractivity contribution >= 4 is 35.5 Å². The van der Waals surface area contributed by atoms with Crippen molar-refractivity contribution in [1.29, 1.82) is 0 Å².